The summed E-state index contributed by atoms with van der Waals surface area (Å²) in [5, 5.41) is 8.62. The fraction of sp³-hybridized carbons (Fsp3) is 0.906. The van der Waals surface area contributed by atoms with E-state index in [1.54, 1.807) is 0 Å². The lowest BCUT2D eigenvalue weighted by Gasteiger charge is -2.19. The van der Waals surface area contributed by atoms with Crippen molar-refractivity contribution in [3.8, 4) is 0 Å². The molecule has 3 heteroatoms. The minimum Gasteiger partial charge on any atom is -0.481 e. The first-order chi connectivity index (χ1) is 17.1. The van der Waals surface area contributed by atoms with Crippen LogP contribution in [0.15, 0.2) is 12.2 Å². The van der Waals surface area contributed by atoms with Gasteiger partial charge >= 0.3 is 5.97 Å². The summed E-state index contributed by atoms with van der Waals surface area (Å²) in [5.74, 6) is 0.282. The van der Waals surface area contributed by atoms with Crippen molar-refractivity contribution in [3.05, 3.63) is 12.2 Å². The van der Waals surface area contributed by atoms with Crippen molar-refractivity contribution >= 4 is 5.97 Å². The average Bonchev–Trinajstić information content (AvgIpc) is 2.82. The van der Waals surface area contributed by atoms with Gasteiger partial charge in [-0.3, -0.25) is 4.79 Å². The maximum absolute atomic E-state index is 10.5. The number of rotatable bonds is 28. The smallest absolute Gasteiger partial charge is 0.303 e. The third kappa shape index (κ3) is 29.3. The van der Waals surface area contributed by atoms with Gasteiger partial charge in [0.2, 0.25) is 0 Å². The SMILES string of the molecule is CCCCCCCCCC(CCCCCCCCCC/C=C\CCCCCC(=O)O)CCN(C)C. The Morgan fingerprint density at radius 3 is 1.51 bits per heavy atom. The highest BCUT2D eigenvalue weighted by Gasteiger charge is 2.09. The lowest BCUT2D eigenvalue weighted by atomic mass is 9.91. The molecule has 0 saturated heterocycles. The molecule has 0 aromatic rings. The standard InChI is InChI=1S/C32H63NO2/c1-4-5-6-7-17-20-23-26-31(29-30-33(2)3)27-24-21-18-15-13-11-9-8-10-12-14-16-19-22-25-28-32(34)35/h12,14,31H,4-11,13,15-30H2,1-3H3,(H,34,35)/b14-12-. The molecule has 0 saturated carbocycles. The monoisotopic (exact) mass is 493 g/mol. The largest absolute Gasteiger partial charge is 0.481 e. The van der Waals surface area contributed by atoms with Crippen LogP contribution in [0.3, 0.4) is 0 Å². The second-order valence-electron chi connectivity index (χ2n) is 11.2. The van der Waals surface area contributed by atoms with Crippen LogP contribution in [0.4, 0.5) is 0 Å². The van der Waals surface area contributed by atoms with Crippen molar-refractivity contribution in [1.82, 2.24) is 4.90 Å². The summed E-state index contributed by atoms with van der Waals surface area (Å²) >= 11 is 0. The van der Waals surface area contributed by atoms with Crippen molar-refractivity contribution in [2.24, 2.45) is 5.92 Å². The zero-order valence-electron chi connectivity index (χ0n) is 24.2. The summed E-state index contributed by atoms with van der Waals surface area (Å²) in [5.41, 5.74) is 0. The molecule has 0 aliphatic heterocycles. The minimum absolute atomic E-state index is 0.320. The number of unbranched alkanes of at least 4 members (excludes halogenated alkanes) is 17. The van der Waals surface area contributed by atoms with Gasteiger partial charge in [0.1, 0.15) is 0 Å². The van der Waals surface area contributed by atoms with Crippen LogP contribution in [0.5, 0.6) is 0 Å². The fourth-order valence-corrected chi connectivity index (χ4v) is 4.97. The number of hydrogen-bond donors (Lipinski definition) is 1. The first kappa shape index (κ1) is 34.2. The number of allylic oxidation sites excluding steroid dienone is 2. The lowest BCUT2D eigenvalue weighted by Crippen LogP contribution is -2.17. The number of aliphatic carboxylic acids is 1. The molecular formula is C32H63NO2. The Morgan fingerprint density at radius 2 is 1.06 bits per heavy atom. The molecule has 0 bridgehead atoms. The molecule has 3 nitrogen and oxygen atoms in total. The molecule has 0 aliphatic rings. The van der Waals surface area contributed by atoms with E-state index >= 15 is 0 Å². The van der Waals surface area contributed by atoms with Crippen LogP contribution in [0.1, 0.15) is 161 Å². The van der Waals surface area contributed by atoms with Crippen LogP contribution in [0.2, 0.25) is 0 Å². The highest BCUT2D eigenvalue weighted by molar-refractivity contribution is 5.66. The number of carboxylic acids is 1. The van der Waals surface area contributed by atoms with Gasteiger partial charge in [0.05, 0.1) is 0 Å². The van der Waals surface area contributed by atoms with Crippen molar-refractivity contribution < 1.29 is 9.90 Å². The van der Waals surface area contributed by atoms with Gasteiger partial charge in [0.25, 0.3) is 0 Å². The van der Waals surface area contributed by atoms with Gasteiger partial charge < -0.3 is 10.0 Å². The highest BCUT2D eigenvalue weighted by Crippen LogP contribution is 2.22. The topological polar surface area (TPSA) is 40.5 Å². The number of nitrogens with zero attached hydrogens (tertiary/aromatic N) is 1. The Bertz CT molecular complexity index is 460. The molecule has 0 amide bonds. The van der Waals surface area contributed by atoms with Crippen LogP contribution < -0.4 is 0 Å². The van der Waals surface area contributed by atoms with E-state index in [0.717, 1.165) is 31.6 Å². The second-order valence-corrected chi connectivity index (χ2v) is 11.2. The Balaban J connectivity index is 3.56. The molecule has 208 valence electrons. The summed E-state index contributed by atoms with van der Waals surface area (Å²) in [6.07, 6.45) is 35.8. The maximum Gasteiger partial charge on any atom is 0.303 e. The molecule has 35 heavy (non-hydrogen) atoms. The molecule has 0 radical (unpaired) electrons. The molecule has 0 aromatic heterocycles. The van der Waals surface area contributed by atoms with Crippen LogP contribution in [-0.2, 0) is 4.79 Å². The average molecular weight is 494 g/mol. The van der Waals surface area contributed by atoms with Crippen LogP contribution >= 0.6 is 0 Å². The zero-order valence-corrected chi connectivity index (χ0v) is 24.2. The Labute approximate surface area is 220 Å². The van der Waals surface area contributed by atoms with Gasteiger partial charge in [-0.05, 0) is 65.1 Å². The highest BCUT2D eigenvalue weighted by atomic mass is 16.4. The van der Waals surface area contributed by atoms with Crippen LogP contribution in [0.25, 0.3) is 0 Å². The predicted octanol–water partition coefficient (Wildman–Crippen LogP) is 10.2. The van der Waals surface area contributed by atoms with E-state index < -0.39 is 5.97 Å². The van der Waals surface area contributed by atoms with E-state index in [1.165, 1.54) is 129 Å². The Morgan fingerprint density at radius 1 is 0.629 bits per heavy atom. The molecule has 0 aliphatic carbocycles. The first-order valence-corrected chi connectivity index (χ1v) is 15.6. The van der Waals surface area contributed by atoms with Crippen molar-refractivity contribution in [2.75, 3.05) is 20.6 Å². The first-order valence-electron chi connectivity index (χ1n) is 15.6. The third-order valence-corrected chi connectivity index (χ3v) is 7.36. The number of carboxylic acid groups (broad SMARTS) is 1. The summed E-state index contributed by atoms with van der Waals surface area (Å²) in [6, 6.07) is 0. The van der Waals surface area contributed by atoms with E-state index in [4.69, 9.17) is 5.11 Å². The second kappa shape index (κ2) is 27.8. The van der Waals surface area contributed by atoms with Gasteiger partial charge in [-0.15, -0.1) is 0 Å². The molecule has 1 N–H and O–H groups in total. The van der Waals surface area contributed by atoms with Gasteiger partial charge in [0.15, 0.2) is 0 Å². The van der Waals surface area contributed by atoms with Gasteiger partial charge in [-0.2, -0.15) is 0 Å². The molecule has 0 spiro atoms. The quantitative estimate of drug-likeness (QED) is 0.0870. The van der Waals surface area contributed by atoms with E-state index in [9.17, 15) is 4.79 Å². The lowest BCUT2D eigenvalue weighted by molar-refractivity contribution is -0.137. The number of carbonyl (C=O) groups is 1. The summed E-state index contributed by atoms with van der Waals surface area (Å²) < 4.78 is 0. The summed E-state index contributed by atoms with van der Waals surface area (Å²) in [7, 11) is 4.43. The zero-order chi connectivity index (χ0) is 25.8. The molecule has 0 heterocycles. The predicted molar refractivity (Wildman–Crippen MR) is 155 cm³/mol. The van der Waals surface area contributed by atoms with Gasteiger partial charge in [0, 0.05) is 6.42 Å². The normalized spacial score (nSPS) is 12.7. The molecule has 0 fully saturated rings. The van der Waals surface area contributed by atoms with Crippen molar-refractivity contribution in [1.29, 1.82) is 0 Å². The Hall–Kier alpha value is -0.830. The summed E-state index contributed by atoms with van der Waals surface area (Å²) in [6.45, 7) is 3.55. The van der Waals surface area contributed by atoms with Crippen LogP contribution in [-0.4, -0.2) is 36.6 Å². The van der Waals surface area contributed by atoms with Crippen molar-refractivity contribution in [2.45, 2.75) is 161 Å². The van der Waals surface area contributed by atoms with Gasteiger partial charge in [-0.1, -0.05) is 128 Å². The van der Waals surface area contributed by atoms with E-state index in [1.807, 2.05) is 0 Å². The van der Waals surface area contributed by atoms with E-state index in [2.05, 4.69) is 38.1 Å². The molecule has 1 unspecified atom stereocenters. The Kier molecular flexibility index (Phi) is 27.1. The maximum atomic E-state index is 10.5. The van der Waals surface area contributed by atoms with Gasteiger partial charge in [-0.25, -0.2) is 0 Å². The molecule has 0 rings (SSSR count). The van der Waals surface area contributed by atoms with Crippen LogP contribution in [0, 0.1) is 5.92 Å². The molecule has 0 aromatic carbocycles. The molecule has 1 atom stereocenters. The minimum atomic E-state index is -0.668. The summed E-state index contributed by atoms with van der Waals surface area (Å²) in [4.78, 5) is 12.8. The van der Waals surface area contributed by atoms with Crippen molar-refractivity contribution in [3.63, 3.8) is 0 Å². The van der Waals surface area contributed by atoms with E-state index in [0.29, 0.717) is 6.42 Å². The third-order valence-electron chi connectivity index (χ3n) is 7.36. The molecular weight excluding hydrogens is 430 g/mol. The fourth-order valence-electron chi connectivity index (χ4n) is 4.97. The number of hydrogen-bond acceptors (Lipinski definition) is 2. The van der Waals surface area contributed by atoms with E-state index in [-0.39, 0.29) is 0 Å².